The van der Waals surface area contributed by atoms with Crippen LogP contribution >= 0.6 is 11.6 Å². The average molecular weight is 406 g/mol. The predicted octanol–water partition coefficient (Wildman–Crippen LogP) is 5.20. The molecule has 1 aromatic heterocycles. The van der Waals surface area contributed by atoms with Crippen molar-refractivity contribution in [1.29, 1.82) is 0 Å². The second-order valence-corrected chi connectivity index (χ2v) is 8.12. The van der Waals surface area contributed by atoms with Crippen LogP contribution < -0.4 is 0 Å². The standard InChI is InChI=1S/C24H24ClN3O/c1-17-6-2-3-10-22(17)24-26-13-18(14-27-24)15-28-11-5-8-20(16-28)23(29)19-7-4-9-21(25)12-19/h2-4,6-7,9-10,12-14,20H,5,8,11,15-16H2,1H3/t20-/m1/s1. The van der Waals surface area contributed by atoms with Crippen molar-refractivity contribution in [1.82, 2.24) is 14.9 Å². The van der Waals surface area contributed by atoms with E-state index in [4.69, 9.17) is 11.6 Å². The molecule has 4 rings (SSSR count). The highest BCUT2D eigenvalue weighted by Gasteiger charge is 2.26. The Bertz CT molecular complexity index is 1000. The van der Waals surface area contributed by atoms with E-state index in [2.05, 4.69) is 27.9 Å². The number of aryl methyl sites for hydroxylation is 1. The number of hydrogen-bond acceptors (Lipinski definition) is 4. The maximum absolute atomic E-state index is 12.9. The van der Waals surface area contributed by atoms with Crippen molar-refractivity contribution in [2.45, 2.75) is 26.3 Å². The third-order valence-electron chi connectivity index (χ3n) is 5.48. The molecule has 0 N–H and O–H groups in total. The summed E-state index contributed by atoms with van der Waals surface area (Å²) in [6, 6.07) is 15.4. The number of hydrogen-bond donors (Lipinski definition) is 0. The van der Waals surface area contributed by atoms with Crippen molar-refractivity contribution < 1.29 is 4.79 Å². The molecule has 0 spiro atoms. The number of carbonyl (C=O) groups is 1. The number of carbonyl (C=O) groups excluding carboxylic acids is 1. The number of piperidine rings is 1. The fourth-order valence-corrected chi connectivity index (χ4v) is 4.14. The van der Waals surface area contributed by atoms with Crippen molar-refractivity contribution in [3.8, 4) is 11.4 Å². The van der Waals surface area contributed by atoms with Crippen LogP contribution in [-0.2, 0) is 6.54 Å². The normalized spacial score (nSPS) is 17.2. The van der Waals surface area contributed by atoms with Crippen LogP contribution in [0.15, 0.2) is 60.9 Å². The van der Waals surface area contributed by atoms with Gasteiger partial charge < -0.3 is 0 Å². The molecular formula is C24H24ClN3O. The first-order valence-electron chi connectivity index (χ1n) is 9.99. The molecule has 1 aliphatic heterocycles. The van der Waals surface area contributed by atoms with Crippen molar-refractivity contribution in [2.75, 3.05) is 13.1 Å². The SMILES string of the molecule is Cc1ccccc1-c1ncc(CN2CCC[C@@H](C(=O)c3cccc(Cl)c3)C2)cn1. The number of halogens is 1. The molecule has 1 atom stereocenters. The van der Waals surface area contributed by atoms with Crippen LogP contribution in [0.5, 0.6) is 0 Å². The molecule has 0 unspecified atom stereocenters. The van der Waals surface area contributed by atoms with Gasteiger partial charge in [-0.15, -0.1) is 0 Å². The van der Waals surface area contributed by atoms with Crippen LogP contribution in [0.3, 0.4) is 0 Å². The van der Waals surface area contributed by atoms with Gasteiger partial charge in [-0.3, -0.25) is 9.69 Å². The lowest BCUT2D eigenvalue weighted by Gasteiger charge is -2.31. The minimum absolute atomic E-state index is 0.00868. The van der Waals surface area contributed by atoms with E-state index in [-0.39, 0.29) is 11.7 Å². The Kier molecular flexibility index (Phi) is 6.02. The van der Waals surface area contributed by atoms with E-state index < -0.39 is 0 Å². The lowest BCUT2D eigenvalue weighted by Crippen LogP contribution is -2.38. The second kappa shape index (κ2) is 8.85. The molecule has 0 radical (unpaired) electrons. The minimum Gasteiger partial charge on any atom is -0.298 e. The summed E-state index contributed by atoms with van der Waals surface area (Å²) in [5.74, 6) is 0.942. The summed E-state index contributed by atoms with van der Waals surface area (Å²) in [5, 5.41) is 0.606. The van der Waals surface area contributed by atoms with Crippen molar-refractivity contribution in [3.05, 3.63) is 82.6 Å². The zero-order valence-corrected chi connectivity index (χ0v) is 17.3. The van der Waals surface area contributed by atoms with Crippen molar-refractivity contribution in [3.63, 3.8) is 0 Å². The van der Waals surface area contributed by atoms with Gasteiger partial charge >= 0.3 is 0 Å². The molecule has 1 saturated heterocycles. The molecule has 1 aliphatic rings. The number of aromatic nitrogens is 2. The Morgan fingerprint density at radius 3 is 2.69 bits per heavy atom. The molecule has 2 aromatic carbocycles. The number of benzene rings is 2. The molecule has 0 saturated carbocycles. The Hall–Kier alpha value is -2.56. The third-order valence-corrected chi connectivity index (χ3v) is 5.72. The summed E-state index contributed by atoms with van der Waals surface area (Å²) in [6.45, 7) is 4.56. The van der Waals surface area contributed by atoms with Gasteiger partial charge in [0.05, 0.1) is 0 Å². The lowest BCUT2D eigenvalue weighted by atomic mass is 9.90. The summed E-state index contributed by atoms with van der Waals surface area (Å²) in [4.78, 5) is 24.3. The van der Waals surface area contributed by atoms with E-state index in [0.717, 1.165) is 49.4 Å². The van der Waals surface area contributed by atoms with Crippen LogP contribution in [0, 0.1) is 12.8 Å². The molecule has 5 heteroatoms. The summed E-state index contributed by atoms with van der Waals surface area (Å²) >= 11 is 6.05. The molecule has 2 heterocycles. The van der Waals surface area contributed by atoms with Crippen LogP contribution in [0.2, 0.25) is 5.02 Å². The molecule has 4 nitrogen and oxygen atoms in total. The average Bonchev–Trinajstić information content (AvgIpc) is 2.74. The van der Waals surface area contributed by atoms with E-state index in [1.165, 1.54) is 5.56 Å². The highest BCUT2D eigenvalue weighted by Crippen LogP contribution is 2.24. The molecular weight excluding hydrogens is 382 g/mol. The van der Waals surface area contributed by atoms with E-state index in [1.807, 2.05) is 42.7 Å². The highest BCUT2D eigenvalue weighted by molar-refractivity contribution is 6.31. The fraction of sp³-hybridized carbons (Fsp3) is 0.292. The van der Waals surface area contributed by atoms with E-state index in [0.29, 0.717) is 10.6 Å². The van der Waals surface area contributed by atoms with Crippen LogP contribution in [0.4, 0.5) is 0 Å². The second-order valence-electron chi connectivity index (χ2n) is 7.68. The maximum Gasteiger partial charge on any atom is 0.167 e. The zero-order chi connectivity index (χ0) is 20.2. The molecule has 0 amide bonds. The van der Waals surface area contributed by atoms with E-state index in [1.54, 1.807) is 12.1 Å². The van der Waals surface area contributed by atoms with Crippen LogP contribution in [0.1, 0.15) is 34.3 Å². The van der Waals surface area contributed by atoms with Gasteiger partial charge in [0.15, 0.2) is 11.6 Å². The first-order valence-corrected chi connectivity index (χ1v) is 10.4. The minimum atomic E-state index is 0.00868. The Balaban J connectivity index is 1.42. The highest BCUT2D eigenvalue weighted by atomic mass is 35.5. The van der Waals surface area contributed by atoms with Gasteiger partial charge in [-0.25, -0.2) is 9.97 Å². The number of nitrogens with zero attached hydrogens (tertiary/aromatic N) is 3. The molecule has 29 heavy (non-hydrogen) atoms. The smallest absolute Gasteiger partial charge is 0.167 e. The lowest BCUT2D eigenvalue weighted by molar-refractivity contribution is 0.0811. The molecule has 0 bridgehead atoms. The van der Waals surface area contributed by atoms with Gasteiger partial charge in [0.1, 0.15) is 0 Å². The number of Topliss-reactive ketones (excluding diaryl/α,β-unsaturated/α-hetero) is 1. The monoisotopic (exact) mass is 405 g/mol. The molecule has 3 aromatic rings. The number of rotatable bonds is 5. The Labute approximate surface area is 176 Å². The van der Waals surface area contributed by atoms with Gasteiger partial charge in [0.25, 0.3) is 0 Å². The predicted molar refractivity (Wildman–Crippen MR) is 116 cm³/mol. The van der Waals surface area contributed by atoms with Gasteiger partial charge in [0, 0.05) is 53.1 Å². The van der Waals surface area contributed by atoms with E-state index >= 15 is 0 Å². The first kappa shape index (κ1) is 19.7. The topological polar surface area (TPSA) is 46.1 Å². The quantitative estimate of drug-likeness (QED) is 0.547. The number of likely N-dealkylation sites (tertiary alicyclic amines) is 1. The first-order chi connectivity index (χ1) is 14.1. The van der Waals surface area contributed by atoms with Crippen molar-refractivity contribution >= 4 is 17.4 Å². The van der Waals surface area contributed by atoms with Gasteiger partial charge in [0.2, 0.25) is 0 Å². The van der Waals surface area contributed by atoms with Gasteiger partial charge in [-0.05, 0) is 44.0 Å². The largest absolute Gasteiger partial charge is 0.298 e. The summed E-state index contributed by atoms with van der Waals surface area (Å²) in [6.07, 6.45) is 5.73. The Morgan fingerprint density at radius 1 is 1.14 bits per heavy atom. The van der Waals surface area contributed by atoms with E-state index in [9.17, 15) is 4.79 Å². The molecule has 1 fully saturated rings. The molecule has 148 valence electrons. The maximum atomic E-state index is 12.9. The van der Waals surface area contributed by atoms with Gasteiger partial charge in [-0.1, -0.05) is 48.0 Å². The third kappa shape index (κ3) is 4.72. The molecule has 0 aliphatic carbocycles. The zero-order valence-electron chi connectivity index (χ0n) is 16.5. The summed E-state index contributed by atoms with van der Waals surface area (Å²) in [5.41, 5.74) is 4.00. The fourth-order valence-electron chi connectivity index (χ4n) is 3.95. The van der Waals surface area contributed by atoms with Crippen LogP contribution in [0.25, 0.3) is 11.4 Å². The number of ketones is 1. The Morgan fingerprint density at radius 2 is 1.93 bits per heavy atom. The van der Waals surface area contributed by atoms with Crippen molar-refractivity contribution in [2.24, 2.45) is 5.92 Å². The summed E-state index contributed by atoms with van der Waals surface area (Å²) < 4.78 is 0. The van der Waals surface area contributed by atoms with Gasteiger partial charge in [-0.2, -0.15) is 0 Å². The summed E-state index contributed by atoms with van der Waals surface area (Å²) in [7, 11) is 0. The van der Waals surface area contributed by atoms with Crippen LogP contribution in [-0.4, -0.2) is 33.7 Å².